The zero-order chi connectivity index (χ0) is 19.5. The largest absolute Gasteiger partial charge is 0.443 e. The Morgan fingerprint density at radius 2 is 2.28 bits per heavy atom. The second-order valence-corrected chi connectivity index (χ2v) is 8.23. The molecular weight excluding hydrogens is 400 g/mol. The van der Waals surface area contributed by atoms with Gasteiger partial charge >= 0.3 is 0 Å². The van der Waals surface area contributed by atoms with Gasteiger partial charge in [0.2, 0.25) is 17.7 Å². The number of ether oxygens (including phenoxy) is 2. The standard InChI is InChI=1S/C19H26N4O5.ClH/c1-26-9-14-21-11-8-22(6-3-12(11)27-14)17(24)15-13-2-4-19(28-13)10-23(7-5-20)18(25)16(15)19;/h13,15-16H,2-10,20H2,1H3;1H/t13-,15-,16+,19-;/m0./s1. The molecule has 2 bridgehead atoms. The molecule has 29 heavy (non-hydrogen) atoms. The lowest BCUT2D eigenvalue weighted by Crippen LogP contribution is -2.48. The molecule has 9 nitrogen and oxygen atoms in total. The number of methoxy groups -OCH3 is 1. The predicted molar refractivity (Wildman–Crippen MR) is 103 cm³/mol. The van der Waals surface area contributed by atoms with E-state index >= 15 is 0 Å². The highest BCUT2D eigenvalue weighted by Gasteiger charge is 2.69. The topological polar surface area (TPSA) is 111 Å². The second-order valence-electron chi connectivity index (χ2n) is 8.23. The van der Waals surface area contributed by atoms with Crippen molar-refractivity contribution in [3.05, 3.63) is 17.3 Å². The maximum atomic E-state index is 13.4. The number of likely N-dealkylation sites (tertiary alicyclic amines) is 1. The molecule has 3 fully saturated rings. The molecule has 4 atom stereocenters. The number of amides is 2. The lowest BCUT2D eigenvalue weighted by Gasteiger charge is -2.33. The van der Waals surface area contributed by atoms with Crippen LogP contribution in [0.4, 0.5) is 0 Å². The first-order chi connectivity index (χ1) is 13.6. The van der Waals surface area contributed by atoms with E-state index in [1.807, 2.05) is 4.90 Å². The molecule has 2 N–H and O–H groups in total. The average Bonchev–Trinajstić information content (AvgIpc) is 3.41. The first-order valence-corrected chi connectivity index (χ1v) is 9.98. The Hall–Kier alpha value is -1.68. The second kappa shape index (κ2) is 7.54. The first-order valence-electron chi connectivity index (χ1n) is 9.98. The van der Waals surface area contributed by atoms with Crippen molar-refractivity contribution in [2.45, 2.75) is 44.1 Å². The number of oxazole rings is 1. The number of hydrogen-bond acceptors (Lipinski definition) is 7. The molecule has 4 aliphatic heterocycles. The van der Waals surface area contributed by atoms with Crippen LogP contribution in [0.1, 0.15) is 30.2 Å². The SMILES string of the molecule is COCc1nc2c(o1)CCN(C(=O)[C@H]1[C@@H]3CC[C@@]4(CN(CCN)C(=O)[C@@H]14)O3)C2.Cl. The summed E-state index contributed by atoms with van der Waals surface area (Å²) in [7, 11) is 1.59. The summed E-state index contributed by atoms with van der Waals surface area (Å²) in [6.45, 7) is 2.78. The van der Waals surface area contributed by atoms with Crippen LogP contribution in [0, 0.1) is 11.8 Å². The summed E-state index contributed by atoms with van der Waals surface area (Å²) in [4.78, 5) is 34.5. The molecule has 1 aromatic rings. The summed E-state index contributed by atoms with van der Waals surface area (Å²) < 4.78 is 17.0. The Kier molecular flexibility index (Phi) is 5.35. The van der Waals surface area contributed by atoms with Crippen LogP contribution in [-0.2, 0) is 38.6 Å². The minimum absolute atomic E-state index is 0. The fraction of sp³-hybridized carbons (Fsp3) is 0.737. The normalized spacial score (nSPS) is 32.3. The number of nitrogens with two attached hydrogens (primary N) is 1. The van der Waals surface area contributed by atoms with Crippen molar-refractivity contribution in [1.29, 1.82) is 0 Å². The number of carbonyl (C=O) groups excluding carboxylic acids is 2. The van der Waals surface area contributed by atoms with Crippen LogP contribution >= 0.6 is 12.4 Å². The van der Waals surface area contributed by atoms with Crippen molar-refractivity contribution in [1.82, 2.24) is 14.8 Å². The van der Waals surface area contributed by atoms with E-state index in [4.69, 9.17) is 19.6 Å². The van der Waals surface area contributed by atoms with E-state index in [1.165, 1.54) is 0 Å². The van der Waals surface area contributed by atoms with Gasteiger partial charge in [-0.05, 0) is 12.8 Å². The van der Waals surface area contributed by atoms with Gasteiger partial charge < -0.3 is 29.4 Å². The number of halogens is 1. The van der Waals surface area contributed by atoms with E-state index in [-0.39, 0.29) is 36.2 Å². The number of rotatable bonds is 5. The zero-order valence-electron chi connectivity index (χ0n) is 16.5. The third-order valence-electron chi connectivity index (χ3n) is 6.64. The Balaban J connectivity index is 0.00000205. The van der Waals surface area contributed by atoms with E-state index in [1.54, 1.807) is 12.0 Å². The molecule has 5 heterocycles. The van der Waals surface area contributed by atoms with E-state index < -0.39 is 11.5 Å². The number of fused-ring (bicyclic) bond motifs is 2. The van der Waals surface area contributed by atoms with E-state index in [0.717, 1.165) is 24.3 Å². The van der Waals surface area contributed by atoms with Gasteiger partial charge in [0.05, 0.1) is 36.6 Å². The smallest absolute Gasteiger partial charge is 0.229 e. The molecule has 10 heteroatoms. The molecule has 1 spiro atoms. The average molecular weight is 427 g/mol. The fourth-order valence-electron chi connectivity index (χ4n) is 5.50. The fourth-order valence-corrected chi connectivity index (χ4v) is 5.50. The summed E-state index contributed by atoms with van der Waals surface area (Å²) in [5.74, 6) is 0.591. The molecule has 1 aromatic heterocycles. The van der Waals surface area contributed by atoms with Gasteiger partial charge in [-0.2, -0.15) is 0 Å². The number of aromatic nitrogens is 1. The van der Waals surface area contributed by atoms with Gasteiger partial charge in [-0.1, -0.05) is 0 Å². The van der Waals surface area contributed by atoms with Crippen LogP contribution < -0.4 is 5.73 Å². The molecule has 160 valence electrons. The molecule has 0 saturated carbocycles. The van der Waals surface area contributed by atoms with Crippen LogP contribution in [0.15, 0.2) is 4.42 Å². The minimum Gasteiger partial charge on any atom is -0.443 e. The van der Waals surface area contributed by atoms with Crippen LogP contribution in [0.2, 0.25) is 0 Å². The summed E-state index contributed by atoms with van der Waals surface area (Å²) in [5.41, 5.74) is 5.94. The van der Waals surface area contributed by atoms with Gasteiger partial charge in [0.25, 0.3) is 0 Å². The molecule has 3 saturated heterocycles. The van der Waals surface area contributed by atoms with Crippen LogP contribution in [0.25, 0.3) is 0 Å². The van der Waals surface area contributed by atoms with Crippen molar-refractivity contribution < 1.29 is 23.5 Å². The van der Waals surface area contributed by atoms with Crippen LogP contribution in [0.5, 0.6) is 0 Å². The molecule has 5 rings (SSSR count). The molecular formula is C19H27ClN4O5. The number of nitrogens with zero attached hydrogens (tertiary/aromatic N) is 3. The Labute approximate surface area is 175 Å². The van der Waals surface area contributed by atoms with Crippen molar-refractivity contribution in [2.24, 2.45) is 17.6 Å². The summed E-state index contributed by atoms with van der Waals surface area (Å²) in [6, 6.07) is 0. The monoisotopic (exact) mass is 426 g/mol. The lowest BCUT2D eigenvalue weighted by atomic mass is 9.72. The molecule has 0 aliphatic carbocycles. The third kappa shape index (κ3) is 3.06. The number of hydrogen-bond donors (Lipinski definition) is 1. The Morgan fingerprint density at radius 3 is 3.03 bits per heavy atom. The highest BCUT2D eigenvalue weighted by Crippen LogP contribution is 2.55. The van der Waals surface area contributed by atoms with E-state index in [0.29, 0.717) is 51.6 Å². The van der Waals surface area contributed by atoms with Crippen LogP contribution in [0.3, 0.4) is 0 Å². The Bertz CT molecular complexity index is 817. The molecule has 4 aliphatic rings. The van der Waals surface area contributed by atoms with Crippen molar-refractivity contribution in [2.75, 3.05) is 33.3 Å². The minimum atomic E-state index is -0.502. The van der Waals surface area contributed by atoms with Gasteiger partial charge in [-0.15, -0.1) is 12.4 Å². The molecule has 0 unspecified atom stereocenters. The van der Waals surface area contributed by atoms with Crippen molar-refractivity contribution in [3.63, 3.8) is 0 Å². The third-order valence-corrected chi connectivity index (χ3v) is 6.64. The van der Waals surface area contributed by atoms with Crippen molar-refractivity contribution >= 4 is 24.2 Å². The quantitative estimate of drug-likeness (QED) is 0.710. The predicted octanol–water partition coefficient (Wildman–Crippen LogP) is 0.0922. The summed E-state index contributed by atoms with van der Waals surface area (Å²) in [6.07, 6.45) is 2.13. The van der Waals surface area contributed by atoms with E-state index in [2.05, 4.69) is 4.98 Å². The molecule has 0 aromatic carbocycles. The first kappa shape index (κ1) is 20.6. The van der Waals surface area contributed by atoms with Gasteiger partial charge in [0.15, 0.2) is 0 Å². The summed E-state index contributed by atoms with van der Waals surface area (Å²) >= 11 is 0. The molecule has 0 radical (unpaired) electrons. The maximum Gasteiger partial charge on any atom is 0.229 e. The van der Waals surface area contributed by atoms with Crippen molar-refractivity contribution in [3.8, 4) is 0 Å². The maximum absolute atomic E-state index is 13.4. The Morgan fingerprint density at radius 1 is 1.45 bits per heavy atom. The highest BCUT2D eigenvalue weighted by atomic mass is 35.5. The number of carbonyl (C=O) groups is 2. The highest BCUT2D eigenvalue weighted by molar-refractivity contribution is 5.92. The lowest BCUT2D eigenvalue weighted by molar-refractivity contribution is -0.145. The van der Waals surface area contributed by atoms with E-state index in [9.17, 15) is 9.59 Å². The van der Waals surface area contributed by atoms with Crippen LogP contribution in [-0.4, -0.2) is 71.6 Å². The zero-order valence-corrected chi connectivity index (χ0v) is 17.3. The van der Waals surface area contributed by atoms with Gasteiger partial charge in [-0.3, -0.25) is 9.59 Å². The summed E-state index contributed by atoms with van der Waals surface area (Å²) in [5, 5.41) is 0. The molecule has 2 amide bonds. The van der Waals surface area contributed by atoms with Gasteiger partial charge in [0, 0.05) is 33.2 Å². The van der Waals surface area contributed by atoms with Gasteiger partial charge in [-0.25, -0.2) is 4.98 Å². The van der Waals surface area contributed by atoms with Gasteiger partial charge in [0.1, 0.15) is 18.1 Å².